The lowest BCUT2D eigenvalue weighted by molar-refractivity contribution is -0.134. The van der Waals surface area contributed by atoms with Crippen molar-refractivity contribution >= 4 is 5.91 Å². The largest absolute Gasteiger partial charge is 0.469 e. The van der Waals surface area contributed by atoms with Crippen molar-refractivity contribution in [1.29, 1.82) is 0 Å². The third-order valence-electron chi connectivity index (χ3n) is 5.11. The number of carbonyl (C=O) groups excluding carboxylic acids is 1. The third kappa shape index (κ3) is 2.69. The Kier molecular flexibility index (Phi) is 3.51. The average Bonchev–Trinajstić information content (AvgIpc) is 2.99. The summed E-state index contributed by atoms with van der Waals surface area (Å²) in [5, 5.41) is 4.61. The second-order valence-electron chi connectivity index (χ2n) is 6.92. The fraction of sp³-hybridized carbons (Fsp3) is 0.556. The number of aromatic nitrogens is 2. The molecule has 1 aliphatic heterocycles. The molecule has 0 N–H and O–H groups in total. The molecule has 2 aromatic rings. The summed E-state index contributed by atoms with van der Waals surface area (Å²) in [5.74, 6) is 1.64. The summed E-state index contributed by atoms with van der Waals surface area (Å²) in [4.78, 5) is 14.8. The molecule has 0 bridgehead atoms. The maximum Gasteiger partial charge on any atom is 0.226 e. The van der Waals surface area contributed by atoms with Gasteiger partial charge in [-0.05, 0) is 51.3 Å². The molecule has 122 valence electrons. The van der Waals surface area contributed by atoms with Crippen LogP contribution in [0.3, 0.4) is 0 Å². The predicted molar refractivity (Wildman–Crippen MR) is 86.1 cm³/mol. The fourth-order valence-electron chi connectivity index (χ4n) is 3.89. The maximum absolute atomic E-state index is 12.8. The molecule has 0 unspecified atom stereocenters. The van der Waals surface area contributed by atoms with Crippen molar-refractivity contribution in [2.75, 3.05) is 13.1 Å². The van der Waals surface area contributed by atoms with E-state index in [2.05, 4.69) is 22.8 Å². The van der Waals surface area contributed by atoms with Gasteiger partial charge < -0.3 is 9.32 Å². The number of aryl methyl sites for hydroxylation is 2. The lowest BCUT2D eigenvalue weighted by Gasteiger charge is -2.33. The maximum atomic E-state index is 12.8. The van der Waals surface area contributed by atoms with E-state index in [0.29, 0.717) is 6.04 Å². The number of likely N-dealkylation sites (tertiary alicyclic amines) is 1. The number of furan rings is 1. The minimum absolute atomic E-state index is 0.111. The third-order valence-corrected chi connectivity index (χ3v) is 5.11. The molecule has 1 aliphatic carbocycles. The second-order valence-corrected chi connectivity index (χ2v) is 6.92. The van der Waals surface area contributed by atoms with Gasteiger partial charge in [0.25, 0.3) is 0 Å². The molecule has 1 amide bonds. The molecule has 2 aromatic heterocycles. The van der Waals surface area contributed by atoms with Crippen LogP contribution < -0.4 is 0 Å². The standard InChI is InChI=1S/C18H23N3O2/c1-12-9-13(2)21(19-12)14-5-3-7-20(11-14)18(22)16-10-15(16)17-6-4-8-23-17/h4,6,8-9,14-16H,3,5,7,10-11H2,1-2H3/t14-,15-,16-/m1/s1. The SMILES string of the molecule is Cc1cc(C)n([C@@H]2CCCN(C(=O)[C@@H]3C[C@H]3c3ccco3)C2)n1. The number of nitrogens with zero attached hydrogens (tertiary/aromatic N) is 3. The van der Waals surface area contributed by atoms with E-state index in [0.717, 1.165) is 43.8 Å². The van der Waals surface area contributed by atoms with E-state index in [1.54, 1.807) is 6.26 Å². The van der Waals surface area contributed by atoms with Crippen LogP contribution in [0.2, 0.25) is 0 Å². The van der Waals surface area contributed by atoms with Crippen LogP contribution in [0.25, 0.3) is 0 Å². The normalized spacial score (nSPS) is 27.2. The first kappa shape index (κ1) is 14.5. The summed E-state index contributed by atoms with van der Waals surface area (Å²) >= 11 is 0. The van der Waals surface area contributed by atoms with E-state index < -0.39 is 0 Å². The first-order valence-electron chi connectivity index (χ1n) is 8.48. The number of amides is 1. The van der Waals surface area contributed by atoms with E-state index in [1.807, 2.05) is 24.0 Å². The number of carbonyl (C=O) groups is 1. The monoisotopic (exact) mass is 313 g/mol. The Balaban J connectivity index is 1.44. The van der Waals surface area contributed by atoms with Crippen LogP contribution in [0.1, 0.15) is 48.4 Å². The van der Waals surface area contributed by atoms with Gasteiger partial charge in [0.1, 0.15) is 5.76 Å². The zero-order valence-corrected chi connectivity index (χ0v) is 13.7. The highest BCUT2D eigenvalue weighted by atomic mass is 16.3. The van der Waals surface area contributed by atoms with E-state index in [4.69, 9.17) is 4.42 Å². The zero-order chi connectivity index (χ0) is 16.0. The quantitative estimate of drug-likeness (QED) is 0.875. The van der Waals surface area contributed by atoms with Crippen molar-refractivity contribution in [1.82, 2.24) is 14.7 Å². The van der Waals surface area contributed by atoms with Crippen molar-refractivity contribution in [2.24, 2.45) is 5.92 Å². The van der Waals surface area contributed by atoms with Gasteiger partial charge in [-0.25, -0.2) is 0 Å². The molecule has 2 fully saturated rings. The molecule has 1 saturated carbocycles. The highest BCUT2D eigenvalue weighted by Gasteiger charge is 2.48. The van der Waals surface area contributed by atoms with Gasteiger partial charge in [-0.15, -0.1) is 0 Å². The molecule has 0 spiro atoms. The van der Waals surface area contributed by atoms with Crippen LogP contribution >= 0.6 is 0 Å². The summed E-state index contributed by atoms with van der Waals surface area (Å²) in [6, 6.07) is 6.29. The molecular weight excluding hydrogens is 290 g/mol. The zero-order valence-electron chi connectivity index (χ0n) is 13.7. The molecule has 0 aromatic carbocycles. The Labute approximate surface area is 136 Å². The van der Waals surface area contributed by atoms with Gasteiger partial charge in [-0.3, -0.25) is 9.48 Å². The van der Waals surface area contributed by atoms with Gasteiger partial charge in [0.05, 0.1) is 18.0 Å². The van der Waals surface area contributed by atoms with Crippen molar-refractivity contribution in [2.45, 2.75) is 45.1 Å². The molecule has 0 radical (unpaired) electrons. The van der Waals surface area contributed by atoms with Crippen LogP contribution in [0, 0.1) is 19.8 Å². The average molecular weight is 313 g/mol. The van der Waals surface area contributed by atoms with E-state index in [-0.39, 0.29) is 17.7 Å². The number of piperidine rings is 1. The summed E-state index contributed by atoms with van der Waals surface area (Å²) < 4.78 is 7.55. The lowest BCUT2D eigenvalue weighted by atomic mass is 10.0. The smallest absolute Gasteiger partial charge is 0.226 e. The van der Waals surface area contributed by atoms with Gasteiger partial charge in [0, 0.05) is 30.6 Å². The van der Waals surface area contributed by atoms with Gasteiger partial charge in [0.15, 0.2) is 0 Å². The molecule has 1 saturated heterocycles. The second kappa shape index (κ2) is 5.55. The summed E-state index contributed by atoms with van der Waals surface area (Å²) in [5.41, 5.74) is 2.23. The van der Waals surface area contributed by atoms with E-state index in [1.165, 1.54) is 5.69 Å². The van der Waals surface area contributed by atoms with E-state index >= 15 is 0 Å². The minimum atomic E-state index is 0.111. The first-order valence-corrected chi connectivity index (χ1v) is 8.48. The molecular formula is C18H23N3O2. The Bertz CT molecular complexity index is 704. The van der Waals surface area contributed by atoms with Gasteiger partial charge >= 0.3 is 0 Å². The number of hydrogen-bond donors (Lipinski definition) is 0. The Morgan fingerprint density at radius 3 is 2.96 bits per heavy atom. The van der Waals surface area contributed by atoms with Crippen molar-refractivity contribution < 1.29 is 9.21 Å². The Morgan fingerprint density at radius 2 is 2.26 bits per heavy atom. The van der Waals surface area contributed by atoms with Gasteiger partial charge in [-0.1, -0.05) is 0 Å². The topological polar surface area (TPSA) is 51.3 Å². The molecule has 4 rings (SSSR count). The van der Waals surface area contributed by atoms with Gasteiger partial charge in [-0.2, -0.15) is 5.10 Å². The summed E-state index contributed by atoms with van der Waals surface area (Å²) in [6.07, 6.45) is 4.76. The molecule has 2 aliphatic rings. The van der Waals surface area contributed by atoms with Crippen LogP contribution in [0.15, 0.2) is 28.9 Å². The highest BCUT2D eigenvalue weighted by Crippen LogP contribution is 2.49. The Hall–Kier alpha value is -2.04. The predicted octanol–water partition coefficient (Wildman–Crippen LogP) is 3.06. The van der Waals surface area contributed by atoms with E-state index in [9.17, 15) is 4.79 Å². The first-order chi connectivity index (χ1) is 11.1. The summed E-state index contributed by atoms with van der Waals surface area (Å²) in [7, 11) is 0. The molecule has 5 heteroatoms. The number of rotatable bonds is 3. The Morgan fingerprint density at radius 1 is 1.39 bits per heavy atom. The van der Waals surface area contributed by atoms with Gasteiger partial charge in [0.2, 0.25) is 5.91 Å². The van der Waals surface area contributed by atoms with Crippen LogP contribution in [0.5, 0.6) is 0 Å². The molecule has 3 atom stereocenters. The fourth-order valence-corrected chi connectivity index (χ4v) is 3.89. The van der Waals surface area contributed by atoms with Crippen molar-refractivity contribution in [3.8, 4) is 0 Å². The number of hydrogen-bond acceptors (Lipinski definition) is 3. The molecule has 23 heavy (non-hydrogen) atoms. The van der Waals surface area contributed by atoms with Crippen molar-refractivity contribution in [3.05, 3.63) is 41.6 Å². The molecule has 3 heterocycles. The highest BCUT2D eigenvalue weighted by molar-refractivity contribution is 5.83. The lowest BCUT2D eigenvalue weighted by Crippen LogP contribution is -2.42. The van der Waals surface area contributed by atoms with Crippen LogP contribution in [-0.4, -0.2) is 33.7 Å². The van der Waals surface area contributed by atoms with Crippen LogP contribution in [-0.2, 0) is 4.79 Å². The molecule has 5 nitrogen and oxygen atoms in total. The summed E-state index contributed by atoms with van der Waals surface area (Å²) in [6.45, 7) is 5.76. The minimum Gasteiger partial charge on any atom is -0.469 e. The van der Waals surface area contributed by atoms with Crippen molar-refractivity contribution in [3.63, 3.8) is 0 Å². The van der Waals surface area contributed by atoms with Crippen LogP contribution in [0.4, 0.5) is 0 Å².